The number of carboxylic acid groups (broad SMARTS) is 1. The van der Waals surface area contributed by atoms with Gasteiger partial charge in [-0.2, -0.15) is 0 Å². The van der Waals surface area contributed by atoms with E-state index in [1.807, 2.05) is 66.7 Å². The average Bonchev–Trinajstić information content (AvgIpc) is 3.43. The zero-order chi connectivity index (χ0) is 29.5. The fourth-order valence-electron chi connectivity index (χ4n) is 5.54. The number of methoxy groups -OCH3 is 1. The van der Waals surface area contributed by atoms with Gasteiger partial charge in [0.25, 0.3) is 11.8 Å². The highest BCUT2D eigenvalue weighted by atomic mass is 16.5. The number of rotatable bonds is 11. The summed E-state index contributed by atoms with van der Waals surface area (Å²) in [5.74, 6) is -0.704. The van der Waals surface area contributed by atoms with Crippen LogP contribution in [0.4, 0.5) is 0 Å². The molecule has 0 aromatic heterocycles. The van der Waals surface area contributed by atoms with E-state index in [1.54, 1.807) is 30.2 Å². The van der Waals surface area contributed by atoms with E-state index in [1.165, 1.54) is 5.56 Å². The van der Waals surface area contributed by atoms with Gasteiger partial charge in [-0.05, 0) is 71.3 Å². The van der Waals surface area contributed by atoms with Crippen molar-refractivity contribution in [3.63, 3.8) is 0 Å². The molecule has 0 heterocycles. The van der Waals surface area contributed by atoms with Gasteiger partial charge in [-0.25, -0.2) is 0 Å². The first-order valence-electron chi connectivity index (χ1n) is 14.2. The van der Waals surface area contributed by atoms with Crippen LogP contribution < -0.4 is 10.1 Å². The van der Waals surface area contributed by atoms with Crippen molar-refractivity contribution in [1.82, 2.24) is 10.2 Å². The third kappa shape index (κ3) is 6.52. The Hall–Kier alpha value is -4.91. The fourth-order valence-corrected chi connectivity index (χ4v) is 5.54. The number of fused-ring (bicyclic) bond motifs is 1. The first-order chi connectivity index (χ1) is 20.4. The number of carbonyl (C=O) groups excluding carboxylic acids is 2. The number of aliphatic carboxylic acids is 1. The van der Waals surface area contributed by atoms with Gasteiger partial charge in [0.1, 0.15) is 5.75 Å². The molecule has 4 aromatic carbocycles. The number of carboxylic acids is 1. The van der Waals surface area contributed by atoms with Crippen molar-refractivity contribution in [2.24, 2.45) is 0 Å². The molecule has 2 amide bonds. The quantitative estimate of drug-likeness (QED) is 0.236. The van der Waals surface area contributed by atoms with Gasteiger partial charge < -0.3 is 20.1 Å². The Labute approximate surface area is 245 Å². The van der Waals surface area contributed by atoms with Crippen LogP contribution in [0.1, 0.15) is 56.3 Å². The van der Waals surface area contributed by atoms with E-state index in [0.29, 0.717) is 35.2 Å². The minimum absolute atomic E-state index is 0.0666. The van der Waals surface area contributed by atoms with Crippen LogP contribution in [-0.2, 0) is 17.6 Å². The summed E-state index contributed by atoms with van der Waals surface area (Å²) >= 11 is 0. The summed E-state index contributed by atoms with van der Waals surface area (Å²) in [5.41, 5.74) is 5.59. The van der Waals surface area contributed by atoms with Crippen LogP contribution in [0, 0.1) is 0 Å². The number of carbonyl (C=O) groups is 3. The van der Waals surface area contributed by atoms with E-state index in [9.17, 15) is 19.5 Å². The van der Waals surface area contributed by atoms with E-state index in [0.717, 1.165) is 29.7 Å². The predicted molar refractivity (Wildman–Crippen MR) is 162 cm³/mol. The second-order valence-electron chi connectivity index (χ2n) is 10.4. The Bertz CT molecular complexity index is 1580. The molecule has 0 saturated carbocycles. The Morgan fingerprint density at radius 2 is 1.48 bits per heavy atom. The molecule has 4 aromatic rings. The lowest BCUT2D eigenvalue weighted by Gasteiger charge is -2.24. The maximum Gasteiger partial charge on any atom is 0.305 e. The SMILES string of the molecule is COc1ccc(CCN(CCC(=O)O)C(=O)c2ccccc2-c2ccccc2C(=O)NC2CCc3ccccc32)cc1. The van der Waals surface area contributed by atoms with Gasteiger partial charge in [-0.3, -0.25) is 14.4 Å². The van der Waals surface area contributed by atoms with Crippen molar-refractivity contribution in [1.29, 1.82) is 0 Å². The molecule has 7 nitrogen and oxygen atoms in total. The highest BCUT2D eigenvalue weighted by Gasteiger charge is 2.26. The van der Waals surface area contributed by atoms with Crippen LogP contribution in [-0.4, -0.2) is 48.0 Å². The summed E-state index contributed by atoms with van der Waals surface area (Å²) in [5, 5.41) is 12.6. The maximum atomic E-state index is 14.0. The summed E-state index contributed by atoms with van der Waals surface area (Å²) < 4.78 is 5.23. The highest BCUT2D eigenvalue weighted by Crippen LogP contribution is 2.33. The van der Waals surface area contributed by atoms with Gasteiger partial charge in [0, 0.05) is 24.2 Å². The van der Waals surface area contributed by atoms with Gasteiger partial charge >= 0.3 is 5.97 Å². The molecule has 42 heavy (non-hydrogen) atoms. The lowest BCUT2D eigenvalue weighted by atomic mass is 9.94. The van der Waals surface area contributed by atoms with Crippen LogP contribution in [0.25, 0.3) is 11.1 Å². The molecular weight excluding hydrogens is 528 g/mol. The number of nitrogens with one attached hydrogen (secondary N) is 1. The number of nitrogens with zero attached hydrogens (tertiary/aromatic N) is 1. The fraction of sp³-hybridized carbons (Fsp3) is 0.229. The minimum Gasteiger partial charge on any atom is -0.497 e. The monoisotopic (exact) mass is 562 g/mol. The molecule has 0 aliphatic heterocycles. The largest absolute Gasteiger partial charge is 0.497 e. The molecule has 0 fully saturated rings. The van der Waals surface area contributed by atoms with E-state index in [4.69, 9.17) is 4.74 Å². The molecular formula is C35H34N2O5. The topological polar surface area (TPSA) is 95.9 Å². The summed E-state index contributed by atoms with van der Waals surface area (Å²) in [6.07, 6.45) is 2.15. The zero-order valence-electron chi connectivity index (χ0n) is 23.6. The molecule has 2 N–H and O–H groups in total. The van der Waals surface area contributed by atoms with Crippen LogP contribution in [0.5, 0.6) is 5.75 Å². The van der Waals surface area contributed by atoms with Gasteiger partial charge in [-0.1, -0.05) is 72.8 Å². The number of hydrogen-bond donors (Lipinski definition) is 2. The first-order valence-corrected chi connectivity index (χ1v) is 14.2. The van der Waals surface area contributed by atoms with Gasteiger partial charge in [-0.15, -0.1) is 0 Å². The average molecular weight is 563 g/mol. The van der Waals surface area contributed by atoms with Crippen LogP contribution in [0.2, 0.25) is 0 Å². The Kier molecular flexibility index (Phi) is 8.97. The summed E-state index contributed by atoms with van der Waals surface area (Å²) in [4.78, 5) is 40.6. The molecule has 7 heteroatoms. The van der Waals surface area contributed by atoms with Crippen molar-refractivity contribution in [2.45, 2.75) is 31.7 Å². The first kappa shape index (κ1) is 28.6. The lowest BCUT2D eigenvalue weighted by Crippen LogP contribution is -2.35. The summed E-state index contributed by atoms with van der Waals surface area (Å²) in [6.45, 7) is 0.415. The number of hydrogen-bond acceptors (Lipinski definition) is 4. The number of aryl methyl sites for hydroxylation is 1. The van der Waals surface area contributed by atoms with E-state index in [2.05, 4.69) is 17.4 Å². The van der Waals surface area contributed by atoms with E-state index >= 15 is 0 Å². The smallest absolute Gasteiger partial charge is 0.305 e. The summed E-state index contributed by atoms with van der Waals surface area (Å²) in [6, 6.07) is 30.2. The zero-order valence-corrected chi connectivity index (χ0v) is 23.6. The summed E-state index contributed by atoms with van der Waals surface area (Å²) in [7, 11) is 1.61. The normalized spacial score (nSPS) is 13.7. The Morgan fingerprint density at radius 3 is 2.19 bits per heavy atom. The van der Waals surface area contributed by atoms with E-state index in [-0.39, 0.29) is 30.8 Å². The number of ether oxygens (including phenoxy) is 1. The maximum absolute atomic E-state index is 14.0. The van der Waals surface area contributed by atoms with Crippen molar-refractivity contribution in [3.8, 4) is 16.9 Å². The molecule has 214 valence electrons. The van der Waals surface area contributed by atoms with Gasteiger partial charge in [0.15, 0.2) is 0 Å². The van der Waals surface area contributed by atoms with Gasteiger partial charge in [0.05, 0.1) is 19.6 Å². The minimum atomic E-state index is -0.971. The second-order valence-corrected chi connectivity index (χ2v) is 10.4. The number of amides is 2. The molecule has 1 unspecified atom stereocenters. The Balaban J connectivity index is 1.41. The molecule has 0 saturated heterocycles. The molecule has 1 atom stereocenters. The van der Waals surface area contributed by atoms with Crippen LogP contribution >= 0.6 is 0 Å². The second kappa shape index (κ2) is 13.2. The van der Waals surface area contributed by atoms with Crippen molar-refractivity contribution < 1.29 is 24.2 Å². The van der Waals surface area contributed by atoms with E-state index < -0.39 is 5.97 Å². The molecule has 1 aliphatic carbocycles. The third-order valence-corrected chi connectivity index (χ3v) is 7.77. The van der Waals surface area contributed by atoms with Crippen LogP contribution in [0.3, 0.4) is 0 Å². The van der Waals surface area contributed by atoms with Crippen molar-refractivity contribution >= 4 is 17.8 Å². The predicted octanol–water partition coefficient (Wildman–Crippen LogP) is 5.94. The van der Waals surface area contributed by atoms with Crippen molar-refractivity contribution in [3.05, 3.63) is 125 Å². The third-order valence-electron chi connectivity index (χ3n) is 7.77. The molecule has 0 spiro atoms. The molecule has 0 radical (unpaired) electrons. The van der Waals surface area contributed by atoms with Crippen LogP contribution in [0.15, 0.2) is 97.1 Å². The van der Waals surface area contributed by atoms with Crippen molar-refractivity contribution in [2.75, 3.05) is 20.2 Å². The standard InChI is InChI=1S/C35H34N2O5/c1-42-26-17-14-24(15-18-26)20-22-37(23-21-33(38)39)35(41)31-13-7-5-11-29(31)28-10-4-6-12-30(28)34(40)36-32-19-16-25-8-2-3-9-27(25)32/h2-15,17-18,32H,16,19-23H2,1H3,(H,36,40)(H,38,39). The van der Waals surface area contributed by atoms with Gasteiger partial charge in [0.2, 0.25) is 0 Å². The number of benzene rings is 4. The molecule has 1 aliphatic rings. The molecule has 5 rings (SSSR count). The molecule has 0 bridgehead atoms. The highest BCUT2D eigenvalue weighted by molar-refractivity contribution is 6.06. The lowest BCUT2D eigenvalue weighted by molar-refractivity contribution is -0.137. The Morgan fingerprint density at radius 1 is 0.833 bits per heavy atom.